The van der Waals surface area contributed by atoms with Crippen molar-refractivity contribution < 1.29 is 9.53 Å². The topological polar surface area (TPSA) is 38.3 Å². The van der Waals surface area contributed by atoms with Crippen LogP contribution in [0.4, 0.5) is 5.69 Å². The molecule has 0 bridgehead atoms. The third-order valence-corrected chi connectivity index (χ3v) is 3.74. The van der Waals surface area contributed by atoms with Crippen molar-refractivity contribution in [2.24, 2.45) is 0 Å². The van der Waals surface area contributed by atoms with Gasteiger partial charge in [0, 0.05) is 9.50 Å². The molecule has 0 saturated carbocycles. The summed E-state index contributed by atoms with van der Waals surface area (Å²) >= 11 is 15.2. The van der Waals surface area contributed by atoms with Crippen LogP contribution < -0.4 is 10.1 Å². The zero-order valence-electron chi connectivity index (χ0n) is 11.1. The van der Waals surface area contributed by atoms with Crippen LogP contribution in [0.25, 0.3) is 0 Å². The van der Waals surface area contributed by atoms with Gasteiger partial charge in [0.05, 0.1) is 10.7 Å². The first-order valence-electron chi connectivity index (χ1n) is 6.09. The van der Waals surface area contributed by atoms with Gasteiger partial charge in [-0.1, -0.05) is 39.1 Å². The Hall–Kier alpha value is -1.23. The quantitative estimate of drug-likeness (QED) is 0.792. The molecule has 1 amide bonds. The maximum atomic E-state index is 11.9. The third-order valence-electron chi connectivity index (χ3n) is 2.70. The lowest BCUT2D eigenvalue weighted by Gasteiger charge is -2.10. The van der Waals surface area contributed by atoms with Crippen LogP contribution in [0.15, 0.2) is 40.9 Å². The Labute approximate surface area is 141 Å². The van der Waals surface area contributed by atoms with Gasteiger partial charge in [0.15, 0.2) is 6.61 Å². The fourth-order valence-electron chi connectivity index (χ4n) is 1.70. The van der Waals surface area contributed by atoms with E-state index in [1.807, 2.05) is 25.1 Å². The van der Waals surface area contributed by atoms with E-state index in [1.165, 1.54) is 0 Å². The van der Waals surface area contributed by atoms with E-state index in [4.69, 9.17) is 27.9 Å². The summed E-state index contributed by atoms with van der Waals surface area (Å²) in [6, 6.07) is 10.5. The van der Waals surface area contributed by atoms with Gasteiger partial charge < -0.3 is 10.1 Å². The normalized spacial score (nSPS) is 10.3. The highest BCUT2D eigenvalue weighted by molar-refractivity contribution is 9.10. The average molecular weight is 389 g/mol. The Bertz CT molecular complexity index is 677. The highest BCUT2D eigenvalue weighted by atomic mass is 79.9. The second-order valence-corrected chi connectivity index (χ2v) is 6.13. The van der Waals surface area contributed by atoms with Gasteiger partial charge in [0.2, 0.25) is 0 Å². The number of halogens is 3. The van der Waals surface area contributed by atoms with Gasteiger partial charge in [-0.25, -0.2) is 0 Å². The van der Waals surface area contributed by atoms with Crippen LogP contribution in [-0.2, 0) is 4.79 Å². The molecule has 1 N–H and O–H groups in total. The van der Waals surface area contributed by atoms with Crippen LogP contribution in [0.1, 0.15) is 5.56 Å². The Kier molecular flexibility index (Phi) is 5.51. The smallest absolute Gasteiger partial charge is 0.262 e. The molecule has 21 heavy (non-hydrogen) atoms. The summed E-state index contributed by atoms with van der Waals surface area (Å²) in [5.41, 5.74) is 1.45. The third kappa shape index (κ3) is 4.63. The summed E-state index contributed by atoms with van der Waals surface area (Å²) in [4.78, 5) is 11.9. The molecule has 0 radical (unpaired) electrons. The molecule has 6 heteroatoms. The lowest BCUT2D eigenvalue weighted by atomic mass is 10.2. The summed E-state index contributed by atoms with van der Waals surface area (Å²) in [5, 5.41) is 3.57. The van der Waals surface area contributed by atoms with E-state index in [1.54, 1.807) is 18.2 Å². The van der Waals surface area contributed by atoms with Crippen molar-refractivity contribution in [1.29, 1.82) is 0 Å². The number of benzene rings is 2. The van der Waals surface area contributed by atoms with Crippen LogP contribution in [0, 0.1) is 6.92 Å². The number of rotatable bonds is 4. The van der Waals surface area contributed by atoms with Gasteiger partial charge in [-0.05, 0) is 48.9 Å². The van der Waals surface area contributed by atoms with Crippen molar-refractivity contribution in [2.45, 2.75) is 6.92 Å². The zero-order valence-corrected chi connectivity index (χ0v) is 14.2. The van der Waals surface area contributed by atoms with E-state index >= 15 is 0 Å². The van der Waals surface area contributed by atoms with Crippen LogP contribution in [0.5, 0.6) is 5.75 Å². The van der Waals surface area contributed by atoms with E-state index in [0.717, 1.165) is 10.0 Å². The van der Waals surface area contributed by atoms with Crippen molar-refractivity contribution in [3.8, 4) is 5.75 Å². The van der Waals surface area contributed by atoms with E-state index in [9.17, 15) is 4.79 Å². The first kappa shape index (κ1) is 16.1. The van der Waals surface area contributed by atoms with Gasteiger partial charge in [-0.3, -0.25) is 4.79 Å². The molecule has 0 aliphatic carbocycles. The summed E-state index contributed by atoms with van der Waals surface area (Å²) in [6.45, 7) is 1.81. The van der Waals surface area contributed by atoms with Crippen LogP contribution >= 0.6 is 39.1 Å². The van der Waals surface area contributed by atoms with Crippen molar-refractivity contribution in [1.82, 2.24) is 0 Å². The van der Waals surface area contributed by atoms with Crippen molar-refractivity contribution in [3.05, 3.63) is 56.5 Å². The van der Waals surface area contributed by atoms with E-state index < -0.39 is 0 Å². The Morgan fingerprint density at radius 3 is 2.67 bits per heavy atom. The Morgan fingerprint density at radius 2 is 2.00 bits per heavy atom. The highest BCUT2D eigenvalue weighted by Crippen LogP contribution is 2.25. The number of ether oxygens (including phenoxy) is 1. The molecule has 110 valence electrons. The molecule has 2 aromatic rings. The fourth-order valence-corrected chi connectivity index (χ4v) is 2.63. The molecule has 0 saturated heterocycles. The van der Waals surface area contributed by atoms with Crippen molar-refractivity contribution in [3.63, 3.8) is 0 Å². The summed E-state index contributed by atoms with van der Waals surface area (Å²) < 4.78 is 6.45. The first-order valence-corrected chi connectivity index (χ1v) is 7.64. The number of anilines is 1. The molecule has 0 aromatic heterocycles. The minimum absolute atomic E-state index is 0.0958. The molecule has 0 heterocycles. The molecule has 0 aliphatic rings. The number of hydrogen-bond acceptors (Lipinski definition) is 2. The lowest BCUT2D eigenvalue weighted by Crippen LogP contribution is -2.20. The van der Waals surface area contributed by atoms with Crippen molar-refractivity contribution in [2.75, 3.05) is 11.9 Å². The Balaban J connectivity index is 1.96. The van der Waals surface area contributed by atoms with Crippen LogP contribution in [-0.4, -0.2) is 12.5 Å². The molecule has 2 aromatic carbocycles. The predicted octanol–water partition coefficient (Wildman–Crippen LogP) is 5.08. The number of amides is 1. The molecule has 0 spiro atoms. The van der Waals surface area contributed by atoms with Gasteiger partial charge in [-0.15, -0.1) is 0 Å². The second kappa shape index (κ2) is 7.16. The lowest BCUT2D eigenvalue weighted by molar-refractivity contribution is -0.118. The molecular weight excluding hydrogens is 377 g/mol. The molecular formula is C15H12BrCl2NO2. The van der Waals surface area contributed by atoms with E-state index in [0.29, 0.717) is 21.5 Å². The summed E-state index contributed by atoms with van der Waals surface area (Å²) in [6.07, 6.45) is 0. The number of nitrogens with one attached hydrogen (secondary N) is 1. The standard InChI is InChI=1S/C15H12BrCl2NO2/c1-9-6-10(16)2-5-14(9)21-8-15(20)19-13-4-3-11(17)7-12(13)18/h2-7H,8H2,1H3,(H,19,20). The first-order chi connectivity index (χ1) is 9.95. The number of hydrogen-bond donors (Lipinski definition) is 1. The van der Waals surface area contributed by atoms with Gasteiger partial charge in [0.25, 0.3) is 5.91 Å². The maximum Gasteiger partial charge on any atom is 0.262 e. The molecule has 0 aliphatic heterocycles. The van der Waals surface area contributed by atoms with E-state index in [-0.39, 0.29) is 12.5 Å². The zero-order chi connectivity index (χ0) is 15.4. The summed E-state index contributed by atoms with van der Waals surface area (Å²) in [7, 11) is 0. The van der Waals surface area contributed by atoms with E-state index in [2.05, 4.69) is 21.2 Å². The average Bonchev–Trinajstić information content (AvgIpc) is 2.41. The van der Waals surface area contributed by atoms with Crippen LogP contribution in [0.3, 0.4) is 0 Å². The molecule has 0 unspecified atom stereocenters. The SMILES string of the molecule is Cc1cc(Br)ccc1OCC(=O)Nc1ccc(Cl)cc1Cl. The van der Waals surface area contributed by atoms with Gasteiger partial charge in [0.1, 0.15) is 5.75 Å². The monoisotopic (exact) mass is 387 g/mol. The second-order valence-electron chi connectivity index (χ2n) is 4.37. The maximum absolute atomic E-state index is 11.9. The molecule has 0 fully saturated rings. The number of aryl methyl sites for hydroxylation is 1. The van der Waals surface area contributed by atoms with Gasteiger partial charge >= 0.3 is 0 Å². The number of carbonyl (C=O) groups is 1. The van der Waals surface area contributed by atoms with Gasteiger partial charge in [-0.2, -0.15) is 0 Å². The minimum atomic E-state index is -0.290. The molecule has 3 nitrogen and oxygen atoms in total. The summed E-state index contributed by atoms with van der Waals surface area (Å²) in [5.74, 6) is 0.372. The number of carbonyl (C=O) groups excluding carboxylic acids is 1. The molecule has 2 rings (SSSR count). The minimum Gasteiger partial charge on any atom is -0.483 e. The molecule has 0 atom stereocenters. The Morgan fingerprint density at radius 1 is 1.24 bits per heavy atom. The van der Waals surface area contributed by atoms with Crippen LogP contribution in [0.2, 0.25) is 10.0 Å². The highest BCUT2D eigenvalue weighted by Gasteiger charge is 2.08. The fraction of sp³-hybridized carbons (Fsp3) is 0.133. The largest absolute Gasteiger partial charge is 0.483 e. The van der Waals surface area contributed by atoms with Crippen molar-refractivity contribution >= 4 is 50.7 Å². The predicted molar refractivity (Wildman–Crippen MR) is 89.5 cm³/mol.